The van der Waals surface area contributed by atoms with Gasteiger partial charge in [-0.3, -0.25) is 4.79 Å². The van der Waals surface area contributed by atoms with Gasteiger partial charge < -0.3 is 25.6 Å². The van der Waals surface area contributed by atoms with Gasteiger partial charge in [-0.1, -0.05) is 30.3 Å². The van der Waals surface area contributed by atoms with Crippen LogP contribution in [-0.4, -0.2) is 57.2 Å². The fourth-order valence-electron chi connectivity index (χ4n) is 4.24. The SMILES string of the molecule is C=C(N=C/C(=C(\N)n1ccc(C(F)(F)F)n1)c1ccc2c(c1)c(=O)c(C(=O)O)cn2CCN(C)C)Nc1ccc(C)c(Cl)c1. The van der Waals surface area contributed by atoms with Crippen LogP contribution in [0.25, 0.3) is 22.3 Å². The Morgan fingerprint density at radius 1 is 1.23 bits per heavy atom. The van der Waals surface area contributed by atoms with Crippen LogP contribution in [0.15, 0.2) is 77.0 Å². The minimum Gasteiger partial charge on any atom is -0.477 e. The topological polar surface area (TPSA) is 131 Å². The summed E-state index contributed by atoms with van der Waals surface area (Å²) in [5.74, 6) is -1.49. The number of alkyl halides is 3. The Bertz CT molecular complexity index is 1870. The zero-order chi connectivity index (χ0) is 32.3. The van der Waals surface area contributed by atoms with E-state index in [1.807, 2.05) is 25.9 Å². The molecule has 4 rings (SSSR count). The van der Waals surface area contributed by atoms with Crippen LogP contribution < -0.4 is 16.5 Å². The summed E-state index contributed by atoms with van der Waals surface area (Å²) in [5, 5.41) is 16.8. The number of aromatic nitrogens is 3. The summed E-state index contributed by atoms with van der Waals surface area (Å²) < 4.78 is 42.4. The third kappa shape index (κ3) is 7.18. The fraction of sp³-hybridized carbons (Fsp3) is 0.200. The Balaban J connectivity index is 1.86. The molecule has 10 nitrogen and oxygen atoms in total. The molecule has 2 aromatic carbocycles. The number of nitrogens with one attached hydrogen (secondary N) is 1. The van der Waals surface area contributed by atoms with Gasteiger partial charge in [0.2, 0.25) is 5.43 Å². The van der Waals surface area contributed by atoms with Crippen molar-refractivity contribution in [3.8, 4) is 0 Å². The number of benzene rings is 2. The second kappa shape index (κ2) is 12.8. The maximum absolute atomic E-state index is 13.3. The van der Waals surface area contributed by atoms with Crippen LogP contribution in [0.1, 0.15) is 27.2 Å². The summed E-state index contributed by atoms with van der Waals surface area (Å²) in [5.41, 5.74) is 6.30. The Labute approximate surface area is 255 Å². The third-order valence-corrected chi connectivity index (χ3v) is 7.03. The van der Waals surface area contributed by atoms with Gasteiger partial charge in [0.15, 0.2) is 5.69 Å². The number of nitrogens with two attached hydrogens (primary N) is 1. The van der Waals surface area contributed by atoms with E-state index in [9.17, 15) is 27.9 Å². The first-order valence-corrected chi connectivity index (χ1v) is 13.5. The van der Waals surface area contributed by atoms with Crippen LogP contribution >= 0.6 is 11.6 Å². The number of hydrogen-bond donors (Lipinski definition) is 3. The number of halogens is 4. The smallest absolute Gasteiger partial charge is 0.435 e. The lowest BCUT2D eigenvalue weighted by molar-refractivity contribution is -0.141. The van der Waals surface area contributed by atoms with Gasteiger partial charge in [-0.25, -0.2) is 14.5 Å². The molecular weight excluding hydrogens is 599 g/mol. The van der Waals surface area contributed by atoms with Gasteiger partial charge in [-0.15, -0.1) is 0 Å². The van der Waals surface area contributed by atoms with Gasteiger partial charge in [-0.2, -0.15) is 18.3 Å². The average Bonchev–Trinajstić information content (AvgIpc) is 3.46. The summed E-state index contributed by atoms with van der Waals surface area (Å²) in [6.45, 7) is 6.66. The number of rotatable bonds is 10. The predicted octanol–water partition coefficient (Wildman–Crippen LogP) is 5.38. The quantitative estimate of drug-likeness (QED) is 0.201. The van der Waals surface area contributed by atoms with E-state index in [2.05, 4.69) is 22.0 Å². The van der Waals surface area contributed by atoms with Crippen molar-refractivity contribution in [3.63, 3.8) is 0 Å². The maximum Gasteiger partial charge on any atom is 0.435 e. The number of aromatic carboxylic acids is 1. The second-order valence-electron chi connectivity index (χ2n) is 10.1. The maximum atomic E-state index is 13.3. The summed E-state index contributed by atoms with van der Waals surface area (Å²) >= 11 is 6.20. The highest BCUT2D eigenvalue weighted by Gasteiger charge is 2.34. The number of carboxylic acids is 1. The van der Waals surface area contributed by atoms with E-state index < -0.39 is 28.8 Å². The van der Waals surface area contributed by atoms with Crippen LogP contribution in [0.2, 0.25) is 5.02 Å². The van der Waals surface area contributed by atoms with E-state index >= 15 is 0 Å². The normalized spacial score (nSPS) is 12.6. The number of allylic oxidation sites excluding steroid dienone is 1. The zero-order valence-electron chi connectivity index (χ0n) is 24.0. The molecule has 0 bridgehead atoms. The number of pyridine rings is 1. The molecule has 14 heteroatoms. The molecule has 0 aliphatic carbocycles. The van der Waals surface area contributed by atoms with Crippen molar-refractivity contribution in [2.24, 2.45) is 10.7 Å². The van der Waals surface area contributed by atoms with Crippen molar-refractivity contribution in [3.05, 3.63) is 105 Å². The van der Waals surface area contributed by atoms with Gasteiger partial charge in [0, 0.05) is 53.4 Å². The lowest BCUT2D eigenvalue weighted by atomic mass is 10.0. The Morgan fingerprint density at radius 3 is 2.57 bits per heavy atom. The molecule has 2 heterocycles. The van der Waals surface area contributed by atoms with E-state index in [4.69, 9.17) is 17.3 Å². The molecule has 0 aliphatic rings. The van der Waals surface area contributed by atoms with Crippen molar-refractivity contribution in [2.45, 2.75) is 19.6 Å². The lowest BCUT2D eigenvalue weighted by Gasteiger charge is -2.16. The van der Waals surface area contributed by atoms with Crippen LogP contribution in [-0.2, 0) is 12.7 Å². The molecule has 0 amide bonds. The van der Waals surface area contributed by atoms with Crippen LogP contribution in [0.5, 0.6) is 0 Å². The number of anilines is 1. The van der Waals surface area contributed by atoms with Crippen molar-refractivity contribution >= 4 is 51.8 Å². The Kier molecular flexibility index (Phi) is 9.30. The largest absolute Gasteiger partial charge is 0.477 e. The number of aliphatic imine (C=N–C) groups is 1. The predicted molar refractivity (Wildman–Crippen MR) is 166 cm³/mol. The first-order chi connectivity index (χ1) is 20.6. The highest BCUT2D eigenvalue weighted by Crippen LogP contribution is 2.29. The molecule has 0 radical (unpaired) electrons. The number of fused-ring (bicyclic) bond motifs is 1. The molecule has 0 unspecified atom stereocenters. The van der Waals surface area contributed by atoms with Gasteiger partial charge in [-0.05, 0) is 62.5 Å². The van der Waals surface area contributed by atoms with Crippen molar-refractivity contribution in [1.29, 1.82) is 0 Å². The molecule has 4 aromatic rings. The Morgan fingerprint density at radius 2 is 1.95 bits per heavy atom. The number of carboxylic acid groups (broad SMARTS) is 1. The number of aryl methyl sites for hydroxylation is 1. The monoisotopic (exact) mass is 627 g/mol. The van der Waals surface area contributed by atoms with Crippen LogP contribution in [0.3, 0.4) is 0 Å². The van der Waals surface area contributed by atoms with Gasteiger partial charge >= 0.3 is 12.1 Å². The van der Waals surface area contributed by atoms with E-state index in [-0.39, 0.29) is 28.2 Å². The van der Waals surface area contributed by atoms with Crippen molar-refractivity contribution in [1.82, 2.24) is 19.2 Å². The average molecular weight is 628 g/mol. The Hall–Kier alpha value is -4.88. The molecule has 44 heavy (non-hydrogen) atoms. The molecule has 0 atom stereocenters. The first kappa shape index (κ1) is 32.0. The molecular formula is C30H29ClF3N7O3. The first-order valence-electron chi connectivity index (χ1n) is 13.1. The zero-order valence-corrected chi connectivity index (χ0v) is 24.7. The molecule has 0 saturated carbocycles. The lowest BCUT2D eigenvalue weighted by Crippen LogP contribution is -2.23. The minimum atomic E-state index is -4.71. The van der Waals surface area contributed by atoms with Gasteiger partial charge in [0.05, 0.1) is 5.52 Å². The van der Waals surface area contributed by atoms with Gasteiger partial charge in [0.25, 0.3) is 0 Å². The number of likely N-dealkylation sites (N-methyl/N-ethyl adjacent to an activating group) is 1. The standard InChI is InChI=1S/C30H29ClF3N7O3/c1-17-5-7-20(14-24(17)31)37-18(2)36-15-22(28(35)41-10-9-26(38-41)30(32,33)34)19-6-8-25-21(13-19)27(42)23(29(43)44)16-40(25)12-11-39(3)4/h5-10,13-16,37H,2,11-12,35H2,1,3-4H3,(H,43,44)/b28-22-,36-15?. The molecule has 4 N–H and O–H groups in total. The van der Waals surface area contributed by atoms with Gasteiger partial charge in [0.1, 0.15) is 17.2 Å². The summed E-state index contributed by atoms with van der Waals surface area (Å²) in [6.07, 6.45) is -1.10. The van der Waals surface area contributed by atoms with Crippen molar-refractivity contribution < 1.29 is 23.1 Å². The van der Waals surface area contributed by atoms with E-state index in [1.54, 1.807) is 34.9 Å². The number of hydrogen-bond acceptors (Lipinski definition) is 7. The molecule has 0 saturated heterocycles. The van der Waals surface area contributed by atoms with E-state index in [1.165, 1.54) is 18.5 Å². The molecule has 230 valence electrons. The van der Waals surface area contributed by atoms with E-state index in [0.29, 0.717) is 29.3 Å². The van der Waals surface area contributed by atoms with Crippen molar-refractivity contribution in [2.75, 3.05) is 26.0 Å². The molecule has 0 fully saturated rings. The molecule has 0 spiro atoms. The number of carbonyl (C=O) groups is 1. The molecule has 2 aromatic heterocycles. The summed E-state index contributed by atoms with van der Waals surface area (Å²) in [7, 11) is 3.71. The van der Waals surface area contributed by atoms with Crippen LogP contribution in [0.4, 0.5) is 18.9 Å². The van der Waals surface area contributed by atoms with Crippen LogP contribution in [0, 0.1) is 6.92 Å². The third-order valence-electron chi connectivity index (χ3n) is 6.62. The number of nitrogens with zero attached hydrogens (tertiary/aromatic N) is 5. The second-order valence-corrected chi connectivity index (χ2v) is 10.5. The van der Waals surface area contributed by atoms with E-state index in [0.717, 1.165) is 22.5 Å². The summed E-state index contributed by atoms with van der Waals surface area (Å²) in [6, 6.07) is 10.6. The minimum absolute atomic E-state index is 0.0718. The highest BCUT2D eigenvalue weighted by molar-refractivity contribution is 6.31. The fourth-order valence-corrected chi connectivity index (χ4v) is 4.42. The molecule has 0 aliphatic heterocycles. The highest BCUT2D eigenvalue weighted by atomic mass is 35.5. The summed E-state index contributed by atoms with van der Waals surface area (Å²) in [4.78, 5) is 31.4.